The number of nitrogens with zero attached hydrogens (tertiary/aromatic N) is 4. The number of aryl methyl sites for hydroxylation is 1. The van der Waals surface area contributed by atoms with Crippen molar-refractivity contribution in [3.05, 3.63) is 54.0 Å². The van der Waals surface area contributed by atoms with Gasteiger partial charge < -0.3 is 20.5 Å². The van der Waals surface area contributed by atoms with E-state index < -0.39 is 0 Å². The quantitative estimate of drug-likeness (QED) is 0.338. The number of aromatic nitrogens is 2. The Kier molecular flexibility index (Phi) is 7.97. The summed E-state index contributed by atoms with van der Waals surface area (Å²) in [6.07, 6.45) is 5.47. The van der Waals surface area contributed by atoms with Crippen molar-refractivity contribution in [2.75, 3.05) is 43.2 Å². The average Bonchev–Trinajstić information content (AvgIpc) is 2.78. The number of anilines is 2. The van der Waals surface area contributed by atoms with Crippen molar-refractivity contribution in [1.82, 2.24) is 9.97 Å². The summed E-state index contributed by atoms with van der Waals surface area (Å²) in [5.41, 5.74) is 10.6. The molecule has 8 nitrogen and oxygen atoms in total. The largest absolute Gasteiger partial charge is 0.404 e. The fourth-order valence-electron chi connectivity index (χ4n) is 3.01. The molecule has 3 rings (SSSR count). The first kappa shape index (κ1) is 20.8. The molecule has 0 spiro atoms. The number of nitrogens with two attached hydrogens (primary N) is 1. The Bertz CT molecular complexity index is 819. The van der Waals surface area contributed by atoms with Crippen LogP contribution in [0.3, 0.4) is 0 Å². The summed E-state index contributed by atoms with van der Waals surface area (Å²) in [5.74, 6) is 2.22. The summed E-state index contributed by atoms with van der Waals surface area (Å²) in [5, 5.41) is 13.3. The minimum atomic E-state index is 0.173. The Morgan fingerprint density at radius 2 is 2.00 bits per heavy atom. The Balaban J connectivity index is 1.74. The molecule has 29 heavy (non-hydrogen) atoms. The number of benzene rings is 1. The molecule has 1 saturated heterocycles. The number of allylic oxidation sites excluding steroid dienone is 1. The minimum Gasteiger partial charge on any atom is -0.404 e. The average molecular weight is 396 g/mol. The van der Waals surface area contributed by atoms with Gasteiger partial charge in [0.2, 0.25) is 0 Å². The van der Waals surface area contributed by atoms with E-state index in [1.54, 1.807) is 6.21 Å². The Morgan fingerprint density at radius 3 is 2.72 bits per heavy atom. The molecule has 2 heterocycles. The maximum atomic E-state index is 9.03. The molecule has 1 aliphatic rings. The molecule has 154 valence electrons. The van der Waals surface area contributed by atoms with E-state index in [-0.39, 0.29) is 6.61 Å². The lowest BCUT2D eigenvalue weighted by molar-refractivity contribution is 0.122. The van der Waals surface area contributed by atoms with Crippen molar-refractivity contribution in [2.24, 2.45) is 10.8 Å². The number of ether oxygens (including phenoxy) is 1. The first-order chi connectivity index (χ1) is 14.3. The zero-order chi connectivity index (χ0) is 20.3. The minimum absolute atomic E-state index is 0.173. The molecule has 0 unspecified atom stereocenters. The molecule has 0 aliphatic carbocycles. The zero-order valence-corrected chi connectivity index (χ0v) is 16.5. The third-order valence-corrected chi connectivity index (χ3v) is 4.57. The summed E-state index contributed by atoms with van der Waals surface area (Å²) >= 11 is 0. The predicted octanol–water partition coefficient (Wildman–Crippen LogP) is 2.03. The third kappa shape index (κ3) is 6.27. The van der Waals surface area contributed by atoms with E-state index >= 15 is 0 Å². The maximum Gasteiger partial charge on any atom is 0.152 e. The first-order valence-electron chi connectivity index (χ1n) is 9.88. The molecule has 0 saturated carbocycles. The van der Waals surface area contributed by atoms with Gasteiger partial charge in [0.1, 0.15) is 11.6 Å². The van der Waals surface area contributed by atoms with Crippen LogP contribution in [0.4, 0.5) is 11.6 Å². The molecular weight excluding hydrogens is 368 g/mol. The van der Waals surface area contributed by atoms with Gasteiger partial charge in [-0.15, -0.1) is 0 Å². The van der Waals surface area contributed by atoms with Crippen molar-refractivity contribution in [2.45, 2.75) is 19.3 Å². The smallest absolute Gasteiger partial charge is 0.152 e. The molecule has 1 aliphatic heterocycles. The van der Waals surface area contributed by atoms with Crippen LogP contribution in [0.1, 0.15) is 24.2 Å². The van der Waals surface area contributed by atoms with E-state index in [0.717, 1.165) is 48.7 Å². The number of nitrogens with one attached hydrogen (secondary N) is 1. The topological polar surface area (TPSA) is 109 Å². The molecule has 4 N–H and O–H groups in total. The van der Waals surface area contributed by atoms with Gasteiger partial charge >= 0.3 is 0 Å². The van der Waals surface area contributed by atoms with Crippen LogP contribution in [0.25, 0.3) is 5.57 Å². The van der Waals surface area contributed by atoms with Crippen molar-refractivity contribution in [1.29, 1.82) is 0 Å². The van der Waals surface area contributed by atoms with Crippen LogP contribution >= 0.6 is 0 Å². The second-order valence-corrected chi connectivity index (χ2v) is 6.67. The highest BCUT2D eigenvalue weighted by Crippen LogP contribution is 2.19. The molecule has 8 heteroatoms. The standard InChI is InChI=1S/C21H28N6O2/c22-15-18(17-6-2-1-3-7-17)16-23-26-20-14-21(27-9-12-29-13-10-27)25-19(24-20)8-4-5-11-28/h1-3,6-7,14-16,28H,4-5,8-13,22H2,(H,24,25,26)/b18-15-,23-16+. The molecule has 1 aromatic carbocycles. The predicted molar refractivity (Wildman–Crippen MR) is 116 cm³/mol. The van der Waals surface area contributed by atoms with E-state index in [0.29, 0.717) is 25.5 Å². The normalized spacial score (nSPS) is 15.1. The van der Waals surface area contributed by atoms with Gasteiger partial charge in [-0.25, -0.2) is 9.97 Å². The molecule has 0 amide bonds. The van der Waals surface area contributed by atoms with Gasteiger partial charge in [-0.3, -0.25) is 5.43 Å². The zero-order valence-electron chi connectivity index (χ0n) is 16.5. The number of hydrogen-bond acceptors (Lipinski definition) is 8. The summed E-state index contributed by atoms with van der Waals surface area (Å²) in [7, 11) is 0. The van der Waals surface area contributed by atoms with Crippen LogP contribution in [-0.4, -0.2) is 54.2 Å². The van der Waals surface area contributed by atoms with Crippen LogP contribution < -0.4 is 16.1 Å². The molecular formula is C21H28N6O2. The van der Waals surface area contributed by atoms with Crippen LogP contribution in [-0.2, 0) is 11.2 Å². The Morgan fingerprint density at radius 1 is 1.21 bits per heavy atom. The maximum absolute atomic E-state index is 9.03. The highest BCUT2D eigenvalue weighted by molar-refractivity contribution is 6.09. The van der Waals surface area contributed by atoms with E-state index in [4.69, 9.17) is 20.6 Å². The number of hydrogen-bond donors (Lipinski definition) is 3. The van der Waals surface area contributed by atoms with E-state index in [1.807, 2.05) is 36.4 Å². The van der Waals surface area contributed by atoms with Gasteiger partial charge in [0.25, 0.3) is 0 Å². The van der Waals surface area contributed by atoms with Crippen molar-refractivity contribution in [3.8, 4) is 0 Å². The lowest BCUT2D eigenvalue weighted by atomic mass is 10.1. The van der Waals surface area contributed by atoms with Crippen molar-refractivity contribution >= 4 is 23.4 Å². The van der Waals surface area contributed by atoms with Gasteiger partial charge in [0, 0.05) is 44.0 Å². The van der Waals surface area contributed by atoms with Crippen molar-refractivity contribution in [3.63, 3.8) is 0 Å². The van der Waals surface area contributed by atoms with Crippen LogP contribution in [0.5, 0.6) is 0 Å². The highest BCUT2D eigenvalue weighted by Gasteiger charge is 2.15. The second kappa shape index (κ2) is 11.1. The third-order valence-electron chi connectivity index (χ3n) is 4.57. The number of unbranched alkanes of at least 4 members (excludes halogenated alkanes) is 1. The van der Waals surface area contributed by atoms with Crippen LogP contribution in [0, 0.1) is 0 Å². The summed E-state index contributed by atoms with van der Waals surface area (Å²) in [6.45, 7) is 3.14. The van der Waals surface area contributed by atoms with Crippen LogP contribution in [0.2, 0.25) is 0 Å². The van der Waals surface area contributed by atoms with Gasteiger partial charge in [0.15, 0.2) is 5.82 Å². The lowest BCUT2D eigenvalue weighted by Crippen LogP contribution is -2.37. The second-order valence-electron chi connectivity index (χ2n) is 6.67. The lowest BCUT2D eigenvalue weighted by Gasteiger charge is -2.28. The number of morpholine rings is 1. The highest BCUT2D eigenvalue weighted by atomic mass is 16.5. The van der Waals surface area contributed by atoms with E-state index in [2.05, 4.69) is 20.4 Å². The summed E-state index contributed by atoms with van der Waals surface area (Å²) in [4.78, 5) is 11.4. The number of hydrazone groups is 1. The van der Waals surface area contributed by atoms with Crippen LogP contribution in [0.15, 0.2) is 47.7 Å². The monoisotopic (exact) mass is 396 g/mol. The van der Waals surface area contributed by atoms with Gasteiger partial charge in [-0.1, -0.05) is 30.3 Å². The fraction of sp³-hybridized carbons (Fsp3) is 0.381. The fourth-order valence-corrected chi connectivity index (χ4v) is 3.01. The molecule has 0 atom stereocenters. The SMILES string of the molecule is N/C=C(/C=N/Nc1cc(N2CCOCC2)nc(CCCCO)n1)c1ccccc1. The van der Waals surface area contributed by atoms with Gasteiger partial charge in [-0.05, 0) is 18.4 Å². The molecule has 1 aromatic heterocycles. The number of aliphatic hydroxyl groups excluding tert-OH is 1. The van der Waals surface area contributed by atoms with E-state index in [9.17, 15) is 0 Å². The molecule has 2 aromatic rings. The molecule has 0 radical (unpaired) electrons. The summed E-state index contributed by atoms with van der Waals surface area (Å²) in [6, 6.07) is 11.7. The Hall–Kier alpha value is -2.97. The Labute approximate surface area is 171 Å². The number of aliphatic hydroxyl groups is 1. The van der Waals surface area contributed by atoms with E-state index in [1.165, 1.54) is 6.20 Å². The van der Waals surface area contributed by atoms with Crippen molar-refractivity contribution < 1.29 is 9.84 Å². The molecule has 1 fully saturated rings. The van der Waals surface area contributed by atoms with Gasteiger partial charge in [-0.2, -0.15) is 5.10 Å². The summed E-state index contributed by atoms with van der Waals surface area (Å²) < 4.78 is 5.44. The first-order valence-corrected chi connectivity index (χ1v) is 9.88. The van der Waals surface area contributed by atoms with Gasteiger partial charge in [0.05, 0.1) is 19.4 Å². The number of rotatable bonds is 9. The molecule has 0 bridgehead atoms.